The summed E-state index contributed by atoms with van der Waals surface area (Å²) in [4.78, 5) is 16.8. The number of likely N-dealkylation sites (N-methyl/N-ethyl adjacent to an activating group) is 1. The van der Waals surface area contributed by atoms with Gasteiger partial charge >= 0.3 is 6.18 Å². The lowest BCUT2D eigenvalue weighted by molar-refractivity contribution is -0.171. The molecule has 0 aliphatic carbocycles. The van der Waals surface area contributed by atoms with Gasteiger partial charge in [-0.25, -0.2) is 5.06 Å². The first kappa shape index (κ1) is 16.8. The number of piperidine rings is 1. The molecule has 7 heteroatoms. The Morgan fingerprint density at radius 3 is 2.36 bits per heavy atom. The number of nitrogens with one attached hydrogen (secondary N) is 1. The van der Waals surface area contributed by atoms with Crippen molar-refractivity contribution in [2.24, 2.45) is 0 Å². The number of hydrogen-bond acceptors (Lipinski definition) is 3. The summed E-state index contributed by atoms with van der Waals surface area (Å²) < 4.78 is 37.6. The van der Waals surface area contributed by atoms with Gasteiger partial charge in [-0.2, -0.15) is 13.2 Å². The number of rotatable bonds is 3. The maximum Gasteiger partial charge on any atom is 0.416 e. The highest BCUT2D eigenvalue weighted by Gasteiger charge is 2.31. The number of carbonyl (C=O) groups is 1. The largest absolute Gasteiger partial charge is 0.416 e. The van der Waals surface area contributed by atoms with E-state index in [-0.39, 0.29) is 17.9 Å². The molecule has 1 heterocycles. The molecule has 1 aromatic rings. The number of benzene rings is 1. The van der Waals surface area contributed by atoms with Gasteiger partial charge in [0.15, 0.2) is 0 Å². The smallest absolute Gasteiger partial charge is 0.305 e. The molecule has 1 amide bonds. The van der Waals surface area contributed by atoms with E-state index in [0.29, 0.717) is 13.0 Å². The van der Waals surface area contributed by atoms with Crippen LogP contribution in [-0.2, 0) is 15.8 Å². The van der Waals surface area contributed by atoms with E-state index in [1.165, 1.54) is 24.3 Å². The molecule has 4 nitrogen and oxygen atoms in total. The second-order valence-corrected chi connectivity index (χ2v) is 5.37. The minimum absolute atomic E-state index is 0.110. The summed E-state index contributed by atoms with van der Waals surface area (Å²) >= 11 is 0. The summed E-state index contributed by atoms with van der Waals surface area (Å²) in [6, 6.07) is 4.92. The lowest BCUT2D eigenvalue weighted by atomic mass is 9.88. The number of halogens is 3. The molecule has 22 heavy (non-hydrogen) atoms. The van der Waals surface area contributed by atoms with Gasteiger partial charge in [-0.15, -0.1) is 0 Å². The van der Waals surface area contributed by atoms with Crippen LogP contribution < -0.4 is 5.32 Å². The third-order valence-electron chi connectivity index (χ3n) is 4.01. The molecule has 0 saturated carbocycles. The van der Waals surface area contributed by atoms with E-state index in [4.69, 9.17) is 4.84 Å². The predicted octanol–water partition coefficient (Wildman–Crippen LogP) is 2.56. The third-order valence-corrected chi connectivity index (χ3v) is 4.01. The second kappa shape index (κ2) is 6.66. The van der Waals surface area contributed by atoms with E-state index in [0.717, 1.165) is 24.1 Å². The average Bonchev–Trinajstić information content (AvgIpc) is 2.53. The van der Waals surface area contributed by atoms with Gasteiger partial charge in [-0.1, -0.05) is 12.1 Å². The topological polar surface area (TPSA) is 41.6 Å². The molecule has 1 fully saturated rings. The van der Waals surface area contributed by atoms with Crippen molar-refractivity contribution in [3.05, 3.63) is 35.4 Å². The molecule has 1 saturated heterocycles. The molecular formula is C15H19F3N2O2. The van der Waals surface area contributed by atoms with Gasteiger partial charge < -0.3 is 5.32 Å². The maximum atomic E-state index is 12.5. The van der Waals surface area contributed by atoms with Gasteiger partial charge in [-0.3, -0.25) is 9.63 Å². The lowest BCUT2D eigenvalue weighted by Gasteiger charge is -2.31. The fourth-order valence-electron chi connectivity index (χ4n) is 2.61. The van der Waals surface area contributed by atoms with Gasteiger partial charge in [0.2, 0.25) is 0 Å². The highest BCUT2D eigenvalue weighted by atomic mass is 19.4. The second-order valence-electron chi connectivity index (χ2n) is 5.37. The first-order valence-corrected chi connectivity index (χ1v) is 7.05. The van der Waals surface area contributed by atoms with Crippen LogP contribution in [0.1, 0.15) is 29.9 Å². The first-order chi connectivity index (χ1) is 10.3. The minimum Gasteiger partial charge on any atom is -0.305 e. The van der Waals surface area contributed by atoms with Crippen molar-refractivity contribution in [3.8, 4) is 0 Å². The molecule has 2 atom stereocenters. The first-order valence-electron chi connectivity index (χ1n) is 7.05. The van der Waals surface area contributed by atoms with E-state index < -0.39 is 11.7 Å². The summed E-state index contributed by atoms with van der Waals surface area (Å²) in [6.07, 6.45) is -2.95. The summed E-state index contributed by atoms with van der Waals surface area (Å²) in [6.45, 7) is 0.555. The Hall–Kier alpha value is -1.60. The zero-order valence-electron chi connectivity index (χ0n) is 12.5. The summed E-state index contributed by atoms with van der Waals surface area (Å²) in [5.41, 5.74) is 0.210. The average molecular weight is 316 g/mol. The Balaban J connectivity index is 1.96. The van der Waals surface area contributed by atoms with Gasteiger partial charge in [0, 0.05) is 13.6 Å². The Kier molecular flexibility index (Phi) is 5.08. The van der Waals surface area contributed by atoms with Crippen molar-refractivity contribution in [2.45, 2.75) is 31.0 Å². The quantitative estimate of drug-likeness (QED) is 0.872. The van der Waals surface area contributed by atoms with Gasteiger partial charge in [0.1, 0.15) is 0 Å². The number of nitrogens with zero attached hydrogens (tertiary/aromatic N) is 1. The summed E-state index contributed by atoms with van der Waals surface area (Å²) in [7, 11) is 2.97. The highest BCUT2D eigenvalue weighted by Crippen LogP contribution is 2.31. The molecule has 2 rings (SSSR count). The van der Waals surface area contributed by atoms with Crippen LogP contribution in [0.15, 0.2) is 24.3 Å². The van der Waals surface area contributed by atoms with E-state index >= 15 is 0 Å². The molecular weight excluding hydrogens is 297 g/mol. The monoisotopic (exact) mass is 316 g/mol. The Morgan fingerprint density at radius 2 is 1.91 bits per heavy atom. The van der Waals surface area contributed by atoms with Crippen LogP contribution >= 0.6 is 0 Å². The maximum absolute atomic E-state index is 12.5. The molecule has 1 aliphatic rings. The van der Waals surface area contributed by atoms with E-state index in [2.05, 4.69) is 5.32 Å². The molecule has 122 valence electrons. The van der Waals surface area contributed by atoms with Gasteiger partial charge in [0.25, 0.3) is 5.91 Å². The molecule has 0 spiro atoms. The Morgan fingerprint density at radius 1 is 1.27 bits per heavy atom. The van der Waals surface area contributed by atoms with Crippen LogP contribution in [-0.4, -0.2) is 37.7 Å². The van der Waals surface area contributed by atoms with Crippen molar-refractivity contribution in [2.75, 3.05) is 20.7 Å². The number of hydroxylamine groups is 2. The van der Waals surface area contributed by atoms with Crippen molar-refractivity contribution < 1.29 is 22.8 Å². The number of hydrogen-bond donors (Lipinski definition) is 1. The summed E-state index contributed by atoms with van der Waals surface area (Å²) in [5.74, 6) is -0.0347. The number of carbonyl (C=O) groups excluding carboxylic acids is 1. The molecule has 0 radical (unpaired) electrons. The van der Waals surface area contributed by atoms with Crippen LogP contribution in [0.25, 0.3) is 0 Å². The van der Waals surface area contributed by atoms with E-state index in [1.54, 1.807) is 7.05 Å². The minimum atomic E-state index is -4.31. The third kappa shape index (κ3) is 3.78. The van der Waals surface area contributed by atoms with E-state index in [1.807, 2.05) is 0 Å². The normalized spacial score (nSPS) is 22.4. The molecule has 0 aromatic heterocycles. The van der Waals surface area contributed by atoms with Crippen LogP contribution in [0.4, 0.5) is 13.2 Å². The van der Waals surface area contributed by atoms with E-state index in [9.17, 15) is 18.0 Å². The van der Waals surface area contributed by atoms with Gasteiger partial charge in [0.05, 0.1) is 18.7 Å². The molecule has 1 N–H and O–H groups in total. The summed E-state index contributed by atoms with van der Waals surface area (Å²) in [5, 5.41) is 4.31. The zero-order valence-corrected chi connectivity index (χ0v) is 12.5. The van der Waals surface area contributed by atoms with Crippen LogP contribution in [0.3, 0.4) is 0 Å². The number of alkyl halides is 3. The molecule has 1 aromatic carbocycles. The van der Waals surface area contributed by atoms with Crippen LogP contribution in [0, 0.1) is 0 Å². The predicted molar refractivity (Wildman–Crippen MR) is 75.0 cm³/mol. The standard InChI is InChI=1S/C15H19F3N2O2/c1-20(22-2)14(21)13-8-5-11(9-19-13)10-3-6-12(7-4-10)15(16,17)18/h3-4,6-7,11,13,19H,5,8-9H2,1-2H3/t11?,13-/m0/s1. The SMILES string of the molecule is CON(C)C(=O)[C@@H]1CCC(c2ccc(C(F)(F)F)cc2)CN1. The number of amides is 1. The van der Waals surface area contributed by atoms with Crippen molar-refractivity contribution in [3.63, 3.8) is 0 Å². The molecule has 1 unspecified atom stereocenters. The zero-order chi connectivity index (χ0) is 16.3. The fourth-order valence-corrected chi connectivity index (χ4v) is 2.61. The Bertz CT molecular complexity index is 509. The lowest BCUT2D eigenvalue weighted by Crippen LogP contribution is -2.48. The van der Waals surface area contributed by atoms with Gasteiger partial charge in [-0.05, 0) is 36.5 Å². The van der Waals surface area contributed by atoms with Crippen molar-refractivity contribution in [1.29, 1.82) is 0 Å². The van der Waals surface area contributed by atoms with Crippen molar-refractivity contribution in [1.82, 2.24) is 10.4 Å². The molecule has 1 aliphatic heterocycles. The Labute approximate surface area is 127 Å². The van der Waals surface area contributed by atoms with Crippen LogP contribution in [0.5, 0.6) is 0 Å². The van der Waals surface area contributed by atoms with Crippen LogP contribution in [0.2, 0.25) is 0 Å². The molecule has 0 bridgehead atoms. The van der Waals surface area contributed by atoms with Crippen molar-refractivity contribution >= 4 is 5.91 Å². The fraction of sp³-hybridized carbons (Fsp3) is 0.533. The highest BCUT2D eigenvalue weighted by molar-refractivity contribution is 5.80.